The maximum absolute atomic E-state index is 13.0. The summed E-state index contributed by atoms with van der Waals surface area (Å²) in [5.74, 6) is 0.390. The molecule has 0 spiro atoms. The second kappa shape index (κ2) is 4.39. The fourth-order valence-electron chi connectivity index (χ4n) is 1.66. The molecule has 84 valence electrons. The van der Waals surface area contributed by atoms with Crippen LogP contribution in [-0.4, -0.2) is 0 Å². The van der Waals surface area contributed by atoms with Crippen LogP contribution in [0.4, 0.5) is 4.39 Å². The van der Waals surface area contributed by atoms with E-state index in [4.69, 9.17) is 10.2 Å². The number of hydrogen-bond acceptors (Lipinski definition) is 2. The molecule has 4 heteroatoms. The smallest absolute Gasteiger partial charge is 0.139 e. The zero-order chi connectivity index (χ0) is 11.7. The molecule has 0 aliphatic carbocycles. The second-order valence-electron chi connectivity index (χ2n) is 3.61. The fourth-order valence-corrected chi connectivity index (χ4v) is 2.10. The van der Waals surface area contributed by atoms with Gasteiger partial charge >= 0.3 is 0 Å². The molecule has 2 aromatic rings. The molecule has 0 saturated carbocycles. The molecular weight excluding hydrogens is 273 g/mol. The molecule has 2 rings (SSSR count). The van der Waals surface area contributed by atoms with Crippen molar-refractivity contribution in [1.82, 2.24) is 0 Å². The Balaban J connectivity index is 2.41. The van der Waals surface area contributed by atoms with Crippen LogP contribution in [0.15, 0.2) is 39.4 Å². The van der Waals surface area contributed by atoms with Crippen molar-refractivity contribution in [2.24, 2.45) is 5.73 Å². The van der Waals surface area contributed by atoms with Gasteiger partial charge in [-0.2, -0.15) is 0 Å². The number of aryl methyl sites for hydroxylation is 1. The van der Waals surface area contributed by atoms with E-state index in [1.165, 1.54) is 12.1 Å². The first kappa shape index (κ1) is 11.4. The van der Waals surface area contributed by atoms with Gasteiger partial charge in [0.25, 0.3) is 0 Å². The lowest BCUT2D eigenvalue weighted by molar-refractivity contribution is 0.486. The van der Waals surface area contributed by atoms with E-state index in [0.717, 1.165) is 15.6 Å². The molecule has 0 aliphatic rings. The van der Waals surface area contributed by atoms with Gasteiger partial charge < -0.3 is 10.2 Å². The Morgan fingerprint density at radius 2 is 2.12 bits per heavy atom. The average Bonchev–Trinajstić information content (AvgIpc) is 2.63. The first-order chi connectivity index (χ1) is 7.59. The van der Waals surface area contributed by atoms with Gasteiger partial charge in [0.05, 0.1) is 16.8 Å². The molecule has 1 aromatic heterocycles. The first-order valence-electron chi connectivity index (χ1n) is 4.84. The van der Waals surface area contributed by atoms with Crippen molar-refractivity contribution in [1.29, 1.82) is 0 Å². The summed E-state index contributed by atoms with van der Waals surface area (Å²) < 4.78 is 19.1. The Morgan fingerprint density at radius 1 is 1.38 bits per heavy atom. The van der Waals surface area contributed by atoms with Crippen LogP contribution in [-0.2, 0) is 0 Å². The van der Waals surface area contributed by atoms with Crippen molar-refractivity contribution < 1.29 is 8.81 Å². The van der Waals surface area contributed by atoms with Gasteiger partial charge in [0.1, 0.15) is 11.6 Å². The van der Waals surface area contributed by atoms with E-state index in [-0.39, 0.29) is 11.9 Å². The van der Waals surface area contributed by atoms with Gasteiger partial charge in [-0.15, -0.1) is 0 Å². The molecule has 0 bridgehead atoms. The van der Waals surface area contributed by atoms with Crippen LogP contribution in [0.1, 0.15) is 22.9 Å². The summed E-state index contributed by atoms with van der Waals surface area (Å²) in [6, 6.07) is 5.95. The van der Waals surface area contributed by atoms with Gasteiger partial charge in [0, 0.05) is 0 Å². The summed E-state index contributed by atoms with van der Waals surface area (Å²) in [5.41, 5.74) is 7.74. The zero-order valence-corrected chi connectivity index (χ0v) is 10.3. The highest BCUT2D eigenvalue weighted by Gasteiger charge is 2.17. The minimum atomic E-state index is -0.384. The topological polar surface area (TPSA) is 39.2 Å². The standard InChI is InChI=1S/C12H11BrFNO/c1-7-6-8(14)2-3-9(7)11(15)12-10(13)4-5-16-12/h2-6,11H,15H2,1H3. The van der Waals surface area contributed by atoms with E-state index in [9.17, 15) is 4.39 Å². The lowest BCUT2D eigenvalue weighted by atomic mass is 10.00. The molecule has 0 radical (unpaired) electrons. The molecule has 2 nitrogen and oxygen atoms in total. The van der Waals surface area contributed by atoms with Crippen LogP contribution < -0.4 is 5.73 Å². The predicted octanol–water partition coefficient (Wildman–Crippen LogP) is 3.54. The maximum atomic E-state index is 13.0. The van der Waals surface area contributed by atoms with Gasteiger partial charge in [-0.3, -0.25) is 0 Å². The number of nitrogens with two attached hydrogens (primary N) is 1. The number of hydrogen-bond donors (Lipinski definition) is 1. The minimum Gasteiger partial charge on any atom is -0.466 e. The summed E-state index contributed by atoms with van der Waals surface area (Å²) in [6.45, 7) is 1.83. The van der Waals surface area contributed by atoms with Crippen molar-refractivity contribution in [3.8, 4) is 0 Å². The second-order valence-corrected chi connectivity index (χ2v) is 4.47. The third-order valence-electron chi connectivity index (χ3n) is 2.49. The van der Waals surface area contributed by atoms with E-state index in [1.54, 1.807) is 18.4 Å². The van der Waals surface area contributed by atoms with Crippen molar-refractivity contribution in [3.05, 3.63) is 57.7 Å². The molecule has 1 atom stereocenters. The fraction of sp³-hybridized carbons (Fsp3) is 0.167. The Morgan fingerprint density at radius 3 is 2.69 bits per heavy atom. The molecule has 2 N–H and O–H groups in total. The van der Waals surface area contributed by atoms with Crippen molar-refractivity contribution in [2.45, 2.75) is 13.0 Å². The van der Waals surface area contributed by atoms with Gasteiger partial charge in [-0.25, -0.2) is 4.39 Å². The Kier molecular flexibility index (Phi) is 3.12. The third kappa shape index (κ3) is 2.03. The normalized spacial score (nSPS) is 12.8. The molecule has 0 fully saturated rings. The van der Waals surface area contributed by atoms with Crippen LogP contribution in [0.5, 0.6) is 0 Å². The van der Waals surface area contributed by atoms with E-state index in [0.29, 0.717) is 5.76 Å². The lowest BCUT2D eigenvalue weighted by Gasteiger charge is -2.13. The van der Waals surface area contributed by atoms with Gasteiger partial charge in [0.15, 0.2) is 0 Å². The summed E-state index contributed by atoms with van der Waals surface area (Å²) in [7, 11) is 0. The van der Waals surface area contributed by atoms with Crippen LogP contribution in [0.3, 0.4) is 0 Å². The van der Waals surface area contributed by atoms with Crippen molar-refractivity contribution >= 4 is 15.9 Å². The first-order valence-corrected chi connectivity index (χ1v) is 5.63. The largest absolute Gasteiger partial charge is 0.466 e. The Hall–Kier alpha value is -1.13. The highest BCUT2D eigenvalue weighted by atomic mass is 79.9. The SMILES string of the molecule is Cc1cc(F)ccc1C(N)c1occc1Br. The van der Waals surface area contributed by atoms with Crippen molar-refractivity contribution in [3.63, 3.8) is 0 Å². The van der Waals surface area contributed by atoms with Gasteiger partial charge in [0.2, 0.25) is 0 Å². The van der Waals surface area contributed by atoms with Crippen molar-refractivity contribution in [2.75, 3.05) is 0 Å². The summed E-state index contributed by atoms with van der Waals surface area (Å²) in [5, 5.41) is 0. The molecule has 0 aliphatic heterocycles. The highest BCUT2D eigenvalue weighted by Crippen LogP contribution is 2.29. The van der Waals surface area contributed by atoms with Gasteiger partial charge in [-0.1, -0.05) is 6.07 Å². The molecule has 1 aromatic carbocycles. The maximum Gasteiger partial charge on any atom is 0.139 e. The Labute approximate surface area is 101 Å². The van der Waals surface area contributed by atoms with Crippen LogP contribution in [0, 0.1) is 12.7 Å². The van der Waals surface area contributed by atoms with Gasteiger partial charge in [-0.05, 0) is 52.2 Å². The minimum absolute atomic E-state index is 0.257. The quantitative estimate of drug-likeness (QED) is 0.916. The third-order valence-corrected chi connectivity index (χ3v) is 3.15. The predicted molar refractivity (Wildman–Crippen MR) is 63.6 cm³/mol. The monoisotopic (exact) mass is 283 g/mol. The van der Waals surface area contributed by atoms with Crippen LogP contribution in [0.25, 0.3) is 0 Å². The highest BCUT2D eigenvalue weighted by molar-refractivity contribution is 9.10. The van der Waals surface area contributed by atoms with Crippen LogP contribution >= 0.6 is 15.9 Å². The molecule has 1 unspecified atom stereocenters. The number of halogens is 2. The van der Waals surface area contributed by atoms with E-state index in [1.807, 2.05) is 6.92 Å². The molecule has 16 heavy (non-hydrogen) atoms. The molecule has 0 amide bonds. The molecular formula is C12H11BrFNO. The van der Waals surface area contributed by atoms with E-state index >= 15 is 0 Å². The summed E-state index contributed by atoms with van der Waals surface area (Å²) in [4.78, 5) is 0. The Bertz CT molecular complexity index is 509. The van der Waals surface area contributed by atoms with Crippen LogP contribution in [0.2, 0.25) is 0 Å². The summed E-state index contributed by atoms with van der Waals surface area (Å²) >= 11 is 3.36. The number of benzene rings is 1. The molecule has 1 heterocycles. The number of rotatable bonds is 2. The average molecular weight is 284 g/mol. The number of furan rings is 1. The summed E-state index contributed by atoms with van der Waals surface area (Å²) in [6.07, 6.45) is 1.57. The lowest BCUT2D eigenvalue weighted by Crippen LogP contribution is -2.13. The van der Waals surface area contributed by atoms with E-state index < -0.39 is 0 Å². The molecule has 0 saturated heterocycles. The van der Waals surface area contributed by atoms with E-state index in [2.05, 4.69) is 15.9 Å². The zero-order valence-electron chi connectivity index (χ0n) is 8.71.